The molecule has 1 aromatic heterocycles. The highest BCUT2D eigenvalue weighted by molar-refractivity contribution is 7.99. The number of aromatic nitrogens is 3. The highest BCUT2D eigenvalue weighted by atomic mass is 35.5. The van der Waals surface area contributed by atoms with E-state index < -0.39 is 6.03 Å². The van der Waals surface area contributed by atoms with Gasteiger partial charge in [0.15, 0.2) is 11.0 Å². The molecule has 2 rings (SSSR count). The van der Waals surface area contributed by atoms with Gasteiger partial charge < -0.3 is 9.88 Å². The number of carbonyl (C=O) groups excluding carboxylic acids is 2. The molecule has 2 N–H and O–H groups in total. The van der Waals surface area contributed by atoms with Crippen molar-refractivity contribution in [2.24, 2.45) is 0 Å². The third-order valence-corrected chi connectivity index (χ3v) is 4.89. The zero-order valence-corrected chi connectivity index (χ0v) is 16.5. The maximum atomic E-state index is 12.0. The van der Waals surface area contributed by atoms with E-state index in [9.17, 15) is 9.59 Å². The number of rotatable bonds is 7. The maximum absolute atomic E-state index is 12.0. The minimum atomic E-state index is -0.485. The van der Waals surface area contributed by atoms with E-state index in [2.05, 4.69) is 20.8 Å². The van der Waals surface area contributed by atoms with Crippen LogP contribution in [0.2, 0.25) is 5.02 Å². The fraction of sp³-hybridized carbons (Fsp3) is 0.412. The van der Waals surface area contributed by atoms with Crippen LogP contribution in [0.15, 0.2) is 29.4 Å². The number of nitrogens with zero attached hydrogens (tertiary/aromatic N) is 3. The SMILES string of the molecule is CC[C@@H](C)NC(=O)NC(=O)CSc1nnc(-c2cccc(Cl)c2)n1CC. The van der Waals surface area contributed by atoms with Crippen LogP contribution in [0.1, 0.15) is 27.2 Å². The number of hydrogen-bond donors (Lipinski definition) is 2. The van der Waals surface area contributed by atoms with E-state index >= 15 is 0 Å². The molecule has 0 fully saturated rings. The molecule has 0 saturated carbocycles. The Morgan fingerprint density at radius 2 is 2.08 bits per heavy atom. The number of urea groups is 1. The van der Waals surface area contributed by atoms with E-state index in [1.54, 1.807) is 6.07 Å². The van der Waals surface area contributed by atoms with Gasteiger partial charge in [-0.15, -0.1) is 10.2 Å². The molecule has 0 bridgehead atoms. The molecule has 0 spiro atoms. The molecule has 0 unspecified atom stereocenters. The molecular weight excluding hydrogens is 374 g/mol. The molecule has 1 atom stereocenters. The van der Waals surface area contributed by atoms with Crippen molar-refractivity contribution in [3.8, 4) is 11.4 Å². The van der Waals surface area contributed by atoms with E-state index in [0.717, 1.165) is 12.0 Å². The lowest BCUT2D eigenvalue weighted by molar-refractivity contribution is -0.117. The first-order chi connectivity index (χ1) is 12.4. The molecule has 0 saturated heterocycles. The molecule has 0 radical (unpaired) electrons. The van der Waals surface area contributed by atoms with E-state index in [4.69, 9.17) is 11.6 Å². The average Bonchev–Trinajstić information content (AvgIpc) is 3.02. The quantitative estimate of drug-likeness (QED) is 0.702. The molecule has 3 amide bonds. The zero-order valence-electron chi connectivity index (χ0n) is 15.0. The van der Waals surface area contributed by atoms with Gasteiger partial charge >= 0.3 is 6.03 Å². The number of halogens is 1. The van der Waals surface area contributed by atoms with Crippen molar-refractivity contribution in [1.29, 1.82) is 0 Å². The van der Waals surface area contributed by atoms with Gasteiger partial charge in [0.2, 0.25) is 5.91 Å². The Labute approximate surface area is 161 Å². The van der Waals surface area contributed by atoms with Crippen LogP contribution < -0.4 is 10.6 Å². The molecule has 0 aliphatic heterocycles. The van der Waals surface area contributed by atoms with Gasteiger partial charge in [0.25, 0.3) is 0 Å². The van der Waals surface area contributed by atoms with E-state index in [0.29, 0.717) is 22.5 Å². The number of benzene rings is 1. The van der Waals surface area contributed by atoms with Crippen LogP contribution in [-0.4, -0.2) is 38.5 Å². The number of imide groups is 1. The van der Waals surface area contributed by atoms with Gasteiger partial charge in [-0.2, -0.15) is 0 Å². The molecular formula is C17H22ClN5O2S. The third-order valence-electron chi connectivity index (χ3n) is 3.69. The van der Waals surface area contributed by atoms with Crippen molar-refractivity contribution >= 4 is 35.3 Å². The standard InChI is InChI=1S/C17H22ClN5O2S/c1-4-11(3)19-16(25)20-14(24)10-26-17-22-21-15(23(17)5-2)12-7-6-8-13(18)9-12/h6-9,11H,4-5,10H2,1-3H3,(H2,19,20,24,25)/t11-/m1/s1. The van der Waals surface area contributed by atoms with Crippen molar-refractivity contribution < 1.29 is 9.59 Å². The van der Waals surface area contributed by atoms with Crippen LogP contribution in [0.3, 0.4) is 0 Å². The summed E-state index contributed by atoms with van der Waals surface area (Å²) in [6.45, 7) is 6.45. The first kappa shape index (κ1) is 20.3. The summed E-state index contributed by atoms with van der Waals surface area (Å²) in [6.07, 6.45) is 0.794. The van der Waals surface area contributed by atoms with Gasteiger partial charge in [-0.1, -0.05) is 42.4 Å². The van der Waals surface area contributed by atoms with Gasteiger partial charge in [0.1, 0.15) is 0 Å². The molecule has 9 heteroatoms. The average molecular weight is 396 g/mol. The lowest BCUT2D eigenvalue weighted by Gasteiger charge is -2.11. The van der Waals surface area contributed by atoms with Crippen LogP contribution >= 0.6 is 23.4 Å². The highest BCUT2D eigenvalue weighted by Crippen LogP contribution is 2.25. The summed E-state index contributed by atoms with van der Waals surface area (Å²) in [5.74, 6) is 0.375. The highest BCUT2D eigenvalue weighted by Gasteiger charge is 2.16. The molecule has 140 valence electrons. The summed E-state index contributed by atoms with van der Waals surface area (Å²) in [4.78, 5) is 23.6. The van der Waals surface area contributed by atoms with Gasteiger partial charge in [0, 0.05) is 23.2 Å². The molecule has 26 heavy (non-hydrogen) atoms. The Balaban J connectivity index is 2.00. The van der Waals surface area contributed by atoms with E-state index in [-0.39, 0.29) is 17.7 Å². The molecule has 0 aliphatic rings. The Morgan fingerprint density at radius 3 is 2.73 bits per heavy atom. The predicted octanol–water partition coefficient (Wildman–Crippen LogP) is 3.33. The van der Waals surface area contributed by atoms with Crippen molar-refractivity contribution in [3.05, 3.63) is 29.3 Å². The van der Waals surface area contributed by atoms with E-state index in [1.165, 1.54) is 11.8 Å². The summed E-state index contributed by atoms with van der Waals surface area (Å²) >= 11 is 7.27. The molecule has 1 heterocycles. The summed E-state index contributed by atoms with van der Waals surface area (Å²) in [5.41, 5.74) is 0.857. The van der Waals surface area contributed by atoms with Gasteiger partial charge in [-0.25, -0.2) is 4.79 Å². The monoisotopic (exact) mass is 395 g/mol. The van der Waals surface area contributed by atoms with Crippen molar-refractivity contribution in [2.45, 2.75) is 44.9 Å². The second-order valence-corrected chi connectivity index (χ2v) is 7.06. The summed E-state index contributed by atoms with van der Waals surface area (Å²) in [5, 5.41) is 14.6. The Morgan fingerprint density at radius 1 is 1.31 bits per heavy atom. The fourth-order valence-electron chi connectivity index (χ4n) is 2.18. The number of nitrogens with one attached hydrogen (secondary N) is 2. The normalized spacial score (nSPS) is 11.8. The van der Waals surface area contributed by atoms with Crippen LogP contribution in [0.4, 0.5) is 4.79 Å². The van der Waals surface area contributed by atoms with Crippen molar-refractivity contribution in [2.75, 3.05) is 5.75 Å². The van der Waals surface area contributed by atoms with Crippen molar-refractivity contribution in [3.63, 3.8) is 0 Å². The summed E-state index contributed by atoms with van der Waals surface area (Å²) in [7, 11) is 0. The van der Waals surface area contributed by atoms with Crippen LogP contribution in [-0.2, 0) is 11.3 Å². The topological polar surface area (TPSA) is 88.9 Å². The first-order valence-corrected chi connectivity index (χ1v) is 9.73. The number of amides is 3. The Kier molecular flexibility index (Phi) is 7.47. The smallest absolute Gasteiger partial charge is 0.321 e. The zero-order chi connectivity index (χ0) is 19.1. The second-order valence-electron chi connectivity index (χ2n) is 5.68. The number of hydrogen-bond acceptors (Lipinski definition) is 5. The van der Waals surface area contributed by atoms with Gasteiger partial charge in [-0.05, 0) is 32.4 Å². The Bertz CT molecular complexity index is 780. The largest absolute Gasteiger partial charge is 0.335 e. The first-order valence-electron chi connectivity index (χ1n) is 8.36. The van der Waals surface area contributed by atoms with Crippen molar-refractivity contribution in [1.82, 2.24) is 25.4 Å². The lowest BCUT2D eigenvalue weighted by atomic mass is 10.2. The predicted molar refractivity (Wildman–Crippen MR) is 103 cm³/mol. The second kappa shape index (κ2) is 9.59. The van der Waals surface area contributed by atoms with Gasteiger partial charge in [-0.3, -0.25) is 10.1 Å². The van der Waals surface area contributed by atoms with Crippen LogP contribution in [0.25, 0.3) is 11.4 Å². The molecule has 7 nitrogen and oxygen atoms in total. The van der Waals surface area contributed by atoms with Gasteiger partial charge in [0.05, 0.1) is 5.75 Å². The minimum absolute atomic E-state index is 0.0129. The Hall–Kier alpha value is -2.06. The number of thioether (sulfide) groups is 1. The van der Waals surface area contributed by atoms with Crippen LogP contribution in [0, 0.1) is 0 Å². The van der Waals surface area contributed by atoms with Crippen LogP contribution in [0.5, 0.6) is 0 Å². The maximum Gasteiger partial charge on any atom is 0.321 e. The number of carbonyl (C=O) groups is 2. The van der Waals surface area contributed by atoms with E-state index in [1.807, 2.05) is 43.5 Å². The third kappa shape index (κ3) is 5.47. The molecule has 0 aliphatic carbocycles. The molecule has 1 aromatic carbocycles. The summed E-state index contributed by atoms with van der Waals surface area (Å²) < 4.78 is 1.91. The fourth-order valence-corrected chi connectivity index (χ4v) is 3.17. The molecule has 2 aromatic rings. The minimum Gasteiger partial charge on any atom is -0.335 e. The summed E-state index contributed by atoms with van der Waals surface area (Å²) in [6, 6.07) is 6.89. The lowest BCUT2D eigenvalue weighted by Crippen LogP contribution is -2.43.